The number of benzene rings is 2. The Morgan fingerprint density at radius 2 is 1.81 bits per heavy atom. The van der Waals surface area contributed by atoms with Crippen molar-refractivity contribution in [2.75, 3.05) is 32.8 Å². The Hall–Kier alpha value is -4.74. The van der Waals surface area contributed by atoms with Crippen molar-refractivity contribution < 1.29 is 29.3 Å². The Kier molecular flexibility index (Phi) is 9.28. The van der Waals surface area contributed by atoms with Crippen LogP contribution in [-0.4, -0.2) is 91.3 Å². The summed E-state index contributed by atoms with van der Waals surface area (Å²) in [5.74, 6) is -0.187. The predicted octanol–water partition coefficient (Wildman–Crippen LogP) is 5.73. The van der Waals surface area contributed by atoms with Crippen LogP contribution in [0.2, 0.25) is 0 Å². The maximum atomic E-state index is 14.7. The molecule has 2 N–H and O–H groups in total. The van der Waals surface area contributed by atoms with Crippen LogP contribution in [0.15, 0.2) is 60.7 Å². The Bertz CT molecular complexity index is 1760. The fourth-order valence-electron chi connectivity index (χ4n) is 6.01. The highest BCUT2D eigenvalue weighted by Gasteiger charge is 2.36. The molecule has 0 saturated carbocycles. The molecule has 2 saturated heterocycles. The van der Waals surface area contributed by atoms with Crippen molar-refractivity contribution in [3.8, 4) is 17.0 Å². The van der Waals surface area contributed by atoms with Gasteiger partial charge in [0.05, 0.1) is 35.0 Å². The Morgan fingerprint density at radius 1 is 1.04 bits per heavy atom. The third kappa shape index (κ3) is 7.16. The van der Waals surface area contributed by atoms with E-state index < -0.39 is 17.7 Å². The van der Waals surface area contributed by atoms with Crippen LogP contribution in [0.3, 0.4) is 0 Å². The Morgan fingerprint density at radius 3 is 2.49 bits per heavy atom. The van der Waals surface area contributed by atoms with E-state index in [4.69, 9.17) is 19.6 Å². The lowest BCUT2D eigenvalue weighted by atomic mass is 10.0. The second-order valence-electron chi connectivity index (χ2n) is 13.0. The zero-order valence-electron chi connectivity index (χ0n) is 27.0. The van der Waals surface area contributed by atoms with Crippen LogP contribution < -0.4 is 0 Å². The molecule has 4 heterocycles. The number of nitrogens with zero attached hydrogens (tertiary/aromatic N) is 5. The summed E-state index contributed by atoms with van der Waals surface area (Å²) in [6.07, 6.45) is 5.71. The number of pyridine rings is 1. The van der Waals surface area contributed by atoms with E-state index >= 15 is 0 Å². The van der Waals surface area contributed by atoms with Crippen LogP contribution >= 0.6 is 0 Å². The summed E-state index contributed by atoms with van der Waals surface area (Å²) in [6, 6.07) is 17.6. The van der Waals surface area contributed by atoms with Gasteiger partial charge in [-0.15, -0.1) is 0 Å². The molecule has 2 aliphatic heterocycles. The van der Waals surface area contributed by atoms with E-state index in [0.717, 1.165) is 24.8 Å². The van der Waals surface area contributed by atoms with E-state index in [1.807, 2.05) is 42.5 Å². The number of hydrogen-bond donors (Lipinski definition) is 2. The number of carbonyl (C=O) groups is 2. The first-order valence-corrected chi connectivity index (χ1v) is 16.1. The highest BCUT2D eigenvalue weighted by atomic mass is 16.6. The molecule has 2 amide bonds. The molecule has 2 aromatic heterocycles. The smallest absolute Gasteiger partial charge is 0.410 e. The van der Waals surface area contributed by atoms with Crippen LogP contribution in [0.4, 0.5) is 4.79 Å². The number of fused-ring (bicyclic) bond motifs is 1. The number of amides is 2. The van der Waals surface area contributed by atoms with E-state index in [9.17, 15) is 19.8 Å². The fourth-order valence-corrected chi connectivity index (χ4v) is 6.01. The number of phenolic OH excluding ortho intramolecular Hbond substituents is 1. The summed E-state index contributed by atoms with van der Waals surface area (Å²) < 4.78 is 13.5. The van der Waals surface area contributed by atoms with E-state index in [2.05, 4.69) is 0 Å². The minimum atomic E-state index is -0.669. The molecule has 0 spiro atoms. The maximum Gasteiger partial charge on any atom is 0.410 e. The maximum absolute atomic E-state index is 14.7. The number of aliphatic hydroxyl groups is 1. The van der Waals surface area contributed by atoms with Gasteiger partial charge in [0.25, 0.3) is 5.91 Å². The summed E-state index contributed by atoms with van der Waals surface area (Å²) in [5.41, 5.74) is 3.00. The normalized spacial score (nSPS) is 19.0. The summed E-state index contributed by atoms with van der Waals surface area (Å²) >= 11 is 0. The molecule has 0 bridgehead atoms. The summed E-state index contributed by atoms with van der Waals surface area (Å²) in [7, 11) is 0. The minimum Gasteiger partial charge on any atom is -0.508 e. The predicted molar refractivity (Wildman–Crippen MR) is 179 cm³/mol. The SMILES string of the molecule is CC(C)(C)OC(=O)N1CCN(C(=O)c2cc(-c3ccc(O)cc3)nc3c2c(/C=C/c2ccccc2)nn3C2CCCCO2)[C@@H](CO)C1. The van der Waals surface area contributed by atoms with Gasteiger partial charge in [-0.25, -0.2) is 14.5 Å². The molecule has 47 heavy (non-hydrogen) atoms. The summed E-state index contributed by atoms with van der Waals surface area (Å²) in [4.78, 5) is 35.7. The minimum absolute atomic E-state index is 0.119. The molecule has 11 nitrogen and oxygen atoms in total. The lowest BCUT2D eigenvalue weighted by molar-refractivity contribution is -0.0370. The van der Waals surface area contributed by atoms with Gasteiger partial charge in [0.2, 0.25) is 0 Å². The van der Waals surface area contributed by atoms with E-state index in [-0.39, 0.29) is 44.1 Å². The number of carbonyl (C=O) groups excluding carboxylic acids is 2. The van der Waals surface area contributed by atoms with E-state index in [1.165, 1.54) is 4.90 Å². The number of ether oxygens (including phenoxy) is 2. The van der Waals surface area contributed by atoms with E-state index in [1.54, 1.807) is 60.7 Å². The number of aliphatic hydroxyl groups excluding tert-OH is 1. The highest BCUT2D eigenvalue weighted by molar-refractivity contribution is 6.09. The second kappa shape index (κ2) is 13.5. The van der Waals surface area contributed by atoms with Gasteiger partial charge in [0.1, 0.15) is 11.4 Å². The van der Waals surface area contributed by atoms with Gasteiger partial charge in [0, 0.05) is 31.8 Å². The Labute approximate surface area is 274 Å². The quantitative estimate of drug-likeness (QED) is 0.274. The van der Waals surface area contributed by atoms with Gasteiger partial charge in [-0.2, -0.15) is 5.10 Å². The van der Waals surface area contributed by atoms with Crippen molar-refractivity contribution >= 4 is 35.2 Å². The van der Waals surface area contributed by atoms with Crippen LogP contribution in [-0.2, 0) is 9.47 Å². The van der Waals surface area contributed by atoms with Gasteiger partial charge in [-0.05, 0) is 82.0 Å². The molecule has 2 fully saturated rings. The molecule has 2 aromatic carbocycles. The summed E-state index contributed by atoms with van der Waals surface area (Å²) in [5, 5.41) is 26.0. The number of aromatic nitrogens is 3. The van der Waals surface area contributed by atoms with Crippen molar-refractivity contribution in [1.29, 1.82) is 0 Å². The number of rotatable bonds is 6. The third-order valence-corrected chi connectivity index (χ3v) is 8.35. The van der Waals surface area contributed by atoms with Crippen molar-refractivity contribution in [2.24, 2.45) is 0 Å². The largest absolute Gasteiger partial charge is 0.508 e. The standard InChI is InChI=1S/C36H41N5O6/c1-36(2,3)47-35(45)39-18-19-40(26(22-39)23-42)34(44)28-21-30(25-13-15-27(43)16-14-25)37-33-32(28)29(17-12-24-9-5-4-6-10-24)38-41(33)31-11-7-8-20-46-31/h4-6,9-10,12-17,21,26,31,42-43H,7-8,11,18-20,22-23H2,1-3H3/b17-12+/t26-,31?/m1/s1. The van der Waals surface area contributed by atoms with Crippen molar-refractivity contribution in [2.45, 2.75) is 57.9 Å². The second-order valence-corrected chi connectivity index (χ2v) is 13.0. The molecule has 2 aliphatic rings. The van der Waals surface area contributed by atoms with Gasteiger partial charge in [-0.1, -0.05) is 36.4 Å². The van der Waals surface area contributed by atoms with Crippen molar-refractivity contribution in [3.05, 3.63) is 77.5 Å². The lowest BCUT2D eigenvalue weighted by Crippen LogP contribution is -2.58. The van der Waals surface area contributed by atoms with Crippen LogP contribution in [0.5, 0.6) is 5.75 Å². The van der Waals surface area contributed by atoms with Crippen molar-refractivity contribution in [3.63, 3.8) is 0 Å². The number of piperazine rings is 1. The highest BCUT2D eigenvalue weighted by Crippen LogP contribution is 2.34. The number of phenols is 1. The average molecular weight is 640 g/mol. The molecular weight excluding hydrogens is 598 g/mol. The van der Waals surface area contributed by atoms with Crippen LogP contribution in [0, 0.1) is 0 Å². The topological polar surface area (TPSA) is 130 Å². The first kappa shape index (κ1) is 32.2. The first-order chi connectivity index (χ1) is 22.6. The lowest BCUT2D eigenvalue weighted by Gasteiger charge is -2.41. The Balaban J connectivity index is 1.47. The number of aromatic hydroxyl groups is 1. The van der Waals surface area contributed by atoms with Gasteiger partial charge >= 0.3 is 6.09 Å². The fraction of sp³-hybridized carbons (Fsp3) is 0.389. The zero-order chi connectivity index (χ0) is 33.1. The average Bonchev–Trinajstić information content (AvgIpc) is 3.45. The molecule has 2 atom stereocenters. The molecule has 0 radical (unpaired) electrons. The molecule has 0 aliphatic carbocycles. The van der Waals surface area contributed by atoms with Crippen LogP contribution in [0.1, 0.15) is 67.9 Å². The monoisotopic (exact) mass is 639 g/mol. The van der Waals surface area contributed by atoms with Crippen LogP contribution in [0.25, 0.3) is 34.4 Å². The molecule has 1 unspecified atom stereocenters. The molecule has 6 rings (SSSR count). The molecular formula is C36H41N5O6. The van der Waals surface area contributed by atoms with E-state index in [0.29, 0.717) is 40.2 Å². The first-order valence-electron chi connectivity index (χ1n) is 16.1. The van der Waals surface area contributed by atoms with Gasteiger partial charge in [-0.3, -0.25) is 4.79 Å². The molecule has 11 heteroatoms. The zero-order valence-corrected chi connectivity index (χ0v) is 27.0. The number of hydrogen-bond acceptors (Lipinski definition) is 8. The summed E-state index contributed by atoms with van der Waals surface area (Å²) in [6.45, 7) is 6.27. The van der Waals surface area contributed by atoms with Gasteiger partial charge < -0.3 is 29.5 Å². The molecule has 246 valence electrons. The van der Waals surface area contributed by atoms with Crippen molar-refractivity contribution in [1.82, 2.24) is 24.6 Å². The third-order valence-electron chi connectivity index (χ3n) is 8.35. The van der Waals surface area contributed by atoms with Gasteiger partial charge in [0.15, 0.2) is 11.9 Å². The molecule has 4 aromatic rings.